The van der Waals surface area contributed by atoms with Gasteiger partial charge in [0.05, 0.1) is 23.9 Å². The summed E-state index contributed by atoms with van der Waals surface area (Å²) in [7, 11) is 0. The lowest BCUT2D eigenvalue weighted by Crippen LogP contribution is -2.36. The van der Waals surface area contributed by atoms with Crippen LogP contribution < -0.4 is 10.4 Å². The third-order valence-electron chi connectivity index (χ3n) is 5.40. The second-order valence-corrected chi connectivity index (χ2v) is 8.53. The number of carbonyl (C=O) groups is 2. The minimum Gasteiger partial charge on any atom is -0.500 e. The lowest BCUT2D eigenvalue weighted by atomic mass is 10.1. The van der Waals surface area contributed by atoms with Gasteiger partial charge in [-0.3, -0.25) is 15.0 Å². The quantitative estimate of drug-likeness (QED) is 0.0737. The highest BCUT2D eigenvalue weighted by molar-refractivity contribution is 6.36. The topological polar surface area (TPSA) is 77.1 Å². The van der Waals surface area contributed by atoms with Crippen LogP contribution in [-0.2, 0) is 30.7 Å². The number of nitrogens with zero attached hydrogens (tertiary/aromatic N) is 1. The van der Waals surface area contributed by atoms with E-state index in [9.17, 15) is 9.59 Å². The van der Waals surface area contributed by atoms with Crippen molar-refractivity contribution >= 4 is 29.1 Å². The molecule has 0 atom stereocenters. The molecule has 1 fully saturated rings. The summed E-state index contributed by atoms with van der Waals surface area (Å²) in [5.74, 6) is -1.06. The van der Waals surface area contributed by atoms with Crippen molar-refractivity contribution in [3.05, 3.63) is 40.6 Å². The van der Waals surface area contributed by atoms with Crippen molar-refractivity contribution in [1.82, 2.24) is 5.43 Å². The summed E-state index contributed by atoms with van der Waals surface area (Å²) in [5, 5.41) is 1.44. The maximum atomic E-state index is 12.6. The van der Waals surface area contributed by atoms with E-state index in [4.69, 9.17) is 26.1 Å². The molecule has 0 aromatic heterocycles. The Balaban J connectivity index is 1.67. The van der Waals surface area contributed by atoms with Gasteiger partial charge in [-0.05, 0) is 31.0 Å². The average molecular weight is 481 g/mol. The van der Waals surface area contributed by atoms with Crippen molar-refractivity contribution in [2.45, 2.75) is 84.7 Å². The SMILES string of the molecule is CCCCCCCCCCCCOOCc1ccc(Cl)c(N2NC(=O)/C(=C/OCC)C2=O)c1. The Morgan fingerprint density at radius 3 is 2.27 bits per heavy atom. The number of benzene rings is 1. The summed E-state index contributed by atoms with van der Waals surface area (Å²) < 4.78 is 5.09. The third kappa shape index (κ3) is 9.35. The lowest BCUT2D eigenvalue weighted by Gasteiger charge is -2.17. The Bertz CT molecular complexity index is 784. The summed E-state index contributed by atoms with van der Waals surface area (Å²) in [6.07, 6.45) is 13.8. The van der Waals surface area contributed by atoms with Crippen molar-refractivity contribution in [3.8, 4) is 0 Å². The highest BCUT2D eigenvalue weighted by Crippen LogP contribution is 2.29. The van der Waals surface area contributed by atoms with Gasteiger partial charge in [-0.2, -0.15) is 0 Å². The minimum atomic E-state index is -0.536. The highest BCUT2D eigenvalue weighted by Gasteiger charge is 2.36. The molecule has 0 saturated carbocycles. The molecule has 1 heterocycles. The Hall–Kier alpha value is -2.09. The Labute approximate surface area is 202 Å². The van der Waals surface area contributed by atoms with Crippen LogP contribution in [0.5, 0.6) is 0 Å². The first-order chi connectivity index (χ1) is 16.1. The van der Waals surface area contributed by atoms with Crippen LogP contribution >= 0.6 is 11.6 Å². The number of hydrogen-bond donors (Lipinski definition) is 1. The molecule has 33 heavy (non-hydrogen) atoms. The molecule has 1 aliphatic heterocycles. The van der Waals surface area contributed by atoms with Crippen LogP contribution in [0.25, 0.3) is 0 Å². The normalized spacial score (nSPS) is 14.9. The van der Waals surface area contributed by atoms with Crippen LogP contribution in [0.3, 0.4) is 0 Å². The zero-order chi connectivity index (χ0) is 23.9. The number of hydrogen-bond acceptors (Lipinski definition) is 5. The molecule has 1 aromatic carbocycles. The van der Waals surface area contributed by atoms with E-state index in [1.54, 1.807) is 25.1 Å². The standard InChI is InChI=1S/C25H37ClN2O5/c1-3-5-6-7-8-9-10-11-12-13-16-32-33-18-20-14-15-22(26)23(17-20)28-25(30)21(19-31-4-2)24(29)27-28/h14-15,17,19H,3-13,16,18H2,1-2H3,(H,27,29)/b21-19-. The molecule has 0 spiro atoms. The van der Waals surface area contributed by atoms with E-state index in [0.29, 0.717) is 23.9 Å². The summed E-state index contributed by atoms with van der Waals surface area (Å²) in [6, 6.07) is 5.13. The van der Waals surface area contributed by atoms with Crippen molar-refractivity contribution < 1.29 is 24.1 Å². The molecule has 1 aliphatic rings. The Morgan fingerprint density at radius 2 is 1.61 bits per heavy atom. The van der Waals surface area contributed by atoms with Gasteiger partial charge in [0.15, 0.2) is 0 Å². The minimum absolute atomic E-state index is 0.0746. The van der Waals surface area contributed by atoms with Gasteiger partial charge in [-0.25, -0.2) is 14.8 Å². The van der Waals surface area contributed by atoms with Gasteiger partial charge >= 0.3 is 0 Å². The fourth-order valence-electron chi connectivity index (χ4n) is 3.51. The molecule has 7 nitrogen and oxygen atoms in total. The molecule has 1 saturated heterocycles. The van der Waals surface area contributed by atoms with Gasteiger partial charge in [0.1, 0.15) is 18.4 Å². The molecule has 8 heteroatoms. The van der Waals surface area contributed by atoms with E-state index in [1.165, 1.54) is 57.6 Å². The van der Waals surface area contributed by atoms with E-state index in [2.05, 4.69) is 12.3 Å². The van der Waals surface area contributed by atoms with Gasteiger partial charge in [-0.15, -0.1) is 0 Å². The second kappa shape index (κ2) is 15.7. The fraction of sp³-hybridized carbons (Fsp3) is 0.600. The van der Waals surface area contributed by atoms with E-state index in [0.717, 1.165) is 23.4 Å². The predicted molar refractivity (Wildman–Crippen MR) is 129 cm³/mol. The summed E-state index contributed by atoms with van der Waals surface area (Å²) in [6.45, 7) is 5.12. The van der Waals surface area contributed by atoms with Crippen LogP contribution in [0, 0.1) is 0 Å². The van der Waals surface area contributed by atoms with E-state index < -0.39 is 11.8 Å². The second-order valence-electron chi connectivity index (χ2n) is 8.12. The molecule has 0 unspecified atom stereocenters. The van der Waals surface area contributed by atoms with Gasteiger partial charge in [0, 0.05) is 0 Å². The zero-order valence-corrected chi connectivity index (χ0v) is 20.6. The predicted octanol–water partition coefficient (Wildman–Crippen LogP) is 6.01. The smallest absolute Gasteiger partial charge is 0.285 e. The van der Waals surface area contributed by atoms with Gasteiger partial charge in [-0.1, -0.05) is 82.4 Å². The Morgan fingerprint density at radius 1 is 0.939 bits per heavy atom. The average Bonchev–Trinajstić information content (AvgIpc) is 3.09. The van der Waals surface area contributed by atoms with Crippen LogP contribution in [0.4, 0.5) is 5.69 Å². The van der Waals surface area contributed by atoms with Crippen LogP contribution in [0.1, 0.15) is 83.6 Å². The van der Waals surface area contributed by atoms with Gasteiger partial charge in [0.2, 0.25) is 0 Å². The third-order valence-corrected chi connectivity index (χ3v) is 5.72. The van der Waals surface area contributed by atoms with Crippen molar-refractivity contribution in [3.63, 3.8) is 0 Å². The summed E-state index contributed by atoms with van der Waals surface area (Å²) >= 11 is 6.26. The van der Waals surface area contributed by atoms with Crippen LogP contribution in [-0.4, -0.2) is 25.0 Å². The fourth-order valence-corrected chi connectivity index (χ4v) is 3.71. The molecule has 0 bridgehead atoms. The summed E-state index contributed by atoms with van der Waals surface area (Å²) in [4.78, 5) is 35.2. The van der Waals surface area contributed by atoms with Crippen molar-refractivity contribution in [1.29, 1.82) is 0 Å². The number of nitrogens with one attached hydrogen (secondary N) is 1. The maximum Gasteiger partial charge on any atom is 0.285 e. The molecule has 2 rings (SSSR count). The number of ether oxygens (including phenoxy) is 1. The molecular weight excluding hydrogens is 444 g/mol. The van der Waals surface area contributed by atoms with Crippen molar-refractivity contribution in [2.24, 2.45) is 0 Å². The number of anilines is 1. The molecule has 1 N–H and O–H groups in total. The molecule has 0 radical (unpaired) electrons. The number of hydrazine groups is 1. The Kier molecular flexibility index (Phi) is 12.9. The number of halogens is 1. The van der Waals surface area contributed by atoms with Crippen LogP contribution in [0.15, 0.2) is 30.0 Å². The van der Waals surface area contributed by atoms with E-state index in [-0.39, 0.29) is 12.2 Å². The number of unbranched alkanes of at least 4 members (excludes halogenated alkanes) is 9. The first-order valence-electron chi connectivity index (χ1n) is 12.1. The first kappa shape index (κ1) is 27.2. The maximum absolute atomic E-state index is 12.6. The number of amides is 2. The van der Waals surface area contributed by atoms with E-state index in [1.807, 2.05) is 0 Å². The molecule has 0 aliphatic carbocycles. The van der Waals surface area contributed by atoms with Gasteiger partial charge in [0.25, 0.3) is 11.8 Å². The van der Waals surface area contributed by atoms with E-state index >= 15 is 0 Å². The zero-order valence-electron chi connectivity index (χ0n) is 19.9. The molecular formula is C25H37ClN2O5. The largest absolute Gasteiger partial charge is 0.500 e. The molecule has 1 aromatic rings. The monoisotopic (exact) mass is 480 g/mol. The van der Waals surface area contributed by atoms with Crippen LogP contribution in [0.2, 0.25) is 5.02 Å². The summed E-state index contributed by atoms with van der Waals surface area (Å²) in [5.41, 5.74) is 3.56. The number of carbonyl (C=O) groups excluding carboxylic acids is 2. The molecule has 2 amide bonds. The van der Waals surface area contributed by atoms with Crippen molar-refractivity contribution in [2.75, 3.05) is 18.2 Å². The number of rotatable bonds is 17. The lowest BCUT2D eigenvalue weighted by molar-refractivity contribution is -0.304. The molecule has 184 valence electrons. The first-order valence-corrected chi connectivity index (χ1v) is 12.5. The highest BCUT2D eigenvalue weighted by atomic mass is 35.5. The van der Waals surface area contributed by atoms with Gasteiger partial charge < -0.3 is 4.74 Å².